The normalized spacial score (nSPS) is 12.0. The lowest BCUT2D eigenvalue weighted by Gasteiger charge is -2.12. The van der Waals surface area contributed by atoms with Crippen LogP contribution in [0.15, 0.2) is 175 Å². The van der Waals surface area contributed by atoms with Gasteiger partial charge in [0.25, 0.3) is 0 Å². The van der Waals surface area contributed by atoms with Crippen molar-refractivity contribution in [2.75, 3.05) is 0 Å². The molecule has 2 aromatic heterocycles. The molecular weight excluding hydrogens is 585 g/mol. The minimum absolute atomic E-state index is 0.544. The van der Waals surface area contributed by atoms with Crippen LogP contribution in [-0.4, -0.2) is 15.0 Å². The number of nitrogens with two attached hydrogens (primary N) is 1. The predicted molar refractivity (Wildman–Crippen MR) is 201 cm³/mol. The molecule has 0 radical (unpaired) electrons. The average molecular weight is 617 g/mol. The van der Waals surface area contributed by atoms with Gasteiger partial charge in [-0.25, -0.2) is 0 Å². The Balaban J connectivity index is 1.14. The van der Waals surface area contributed by atoms with E-state index < -0.39 is 0 Å². The Bertz CT molecular complexity index is 2630. The molecule has 228 valence electrons. The molecule has 0 saturated carbocycles. The quantitative estimate of drug-likeness (QED) is 0.147. The third kappa shape index (κ3) is 4.74. The first-order valence-corrected chi connectivity index (χ1v) is 16.3. The fraction of sp³-hybridized carbons (Fsp3) is 0.0227. The van der Waals surface area contributed by atoms with Crippen molar-refractivity contribution in [3.63, 3.8) is 0 Å². The summed E-state index contributed by atoms with van der Waals surface area (Å²) in [4.78, 5) is 4.66. The number of fused-ring (bicyclic) bond motifs is 6. The second-order valence-electron chi connectivity index (χ2n) is 12.3. The van der Waals surface area contributed by atoms with E-state index in [9.17, 15) is 0 Å². The van der Waals surface area contributed by atoms with E-state index in [1.165, 1.54) is 43.5 Å². The number of aliphatic imine (C=N–C) groups is 1. The zero-order chi connectivity index (χ0) is 32.0. The molecule has 0 aliphatic rings. The van der Waals surface area contributed by atoms with Crippen LogP contribution in [0.5, 0.6) is 0 Å². The summed E-state index contributed by atoms with van der Waals surface area (Å²) in [7, 11) is 0. The Kier molecular flexibility index (Phi) is 6.65. The van der Waals surface area contributed by atoms with Crippen LogP contribution in [0.4, 0.5) is 0 Å². The maximum atomic E-state index is 6.44. The van der Waals surface area contributed by atoms with Gasteiger partial charge in [0.15, 0.2) is 0 Å². The SMILES string of the molecule is NC(=NCc1ccccc1)c1cccc(-c2ccc(-n3c4ccccc4c4ccc5cc6c(ccn6-c6ccccc6)cc5c43)cc2)c1. The molecule has 4 nitrogen and oxygen atoms in total. The lowest BCUT2D eigenvalue weighted by atomic mass is 10.0. The van der Waals surface area contributed by atoms with Crippen LogP contribution >= 0.6 is 0 Å². The molecular formula is C44H32N4. The van der Waals surface area contributed by atoms with Crippen LogP contribution in [0.25, 0.3) is 66.0 Å². The van der Waals surface area contributed by atoms with Gasteiger partial charge in [-0.15, -0.1) is 0 Å². The molecule has 9 rings (SSSR count). The average Bonchev–Trinajstić information content (AvgIpc) is 3.73. The standard InChI is InChI=1S/C44H32N4/c45-44(46-29-30-10-3-1-4-11-30)35-13-9-12-32(26-35)31-18-21-37(22-19-31)48-41-17-8-7-16-38(41)39-23-20-33-28-42-34(27-40(33)43(39)48)24-25-47(42)36-14-5-2-6-15-36/h1-28H,29H2,(H2,45,46). The predicted octanol–water partition coefficient (Wildman–Crippen LogP) is 10.5. The number of nitrogens with zero attached hydrogens (tertiary/aromatic N) is 3. The van der Waals surface area contributed by atoms with E-state index in [-0.39, 0.29) is 0 Å². The van der Waals surface area contributed by atoms with Crippen molar-refractivity contribution in [3.05, 3.63) is 181 Å². The number of aromatic nitrogens is 2. The minimum Gasteiger partial charge on any atom is -0.383 e. The third-order valence-corrected chi connectivity index (χ3v) is 9.39. The van der Waals surface area contributed by atoms with Crippen LogP contribution in [0.1, 0.15) is 11.1 Å². The zero-order valence-corrected chi connectivity index (χ0v) is 26.3. The number of para-hydroxylation sites is 2. The van der Waals surface area contributed by atoms with Crippen LogP contribution in [0.2, 0.25) is 0 Å². The lowest BCUT2D eigenvalue weighted by Crippen LogP contribution is -2.13. The number of amidine groups is 1. The molecule has 0 aliphatic carbocycles. The van der Waals surface area contributed by atoms with Crippen molar-refractivity contribution >= 4 is 49.3 Å². The Morgan fingerprint density at radius 1 is 0.521 bits per heavy atom. The number of rotatable bonds is 6. The summed E-state index contributed by atoms with van der Waals surface area (Å²) in [6.45, 7) is 0.559. The molecule has 0 saturated heterocycles. The first kappa shape index (κ1) is 27.9. The van der Waals surface area contributed by atoms with Gasteiger partial charge < -0.3 is 14.9 Å². The van der Waals surface area contributed by atoms with E-state index in [4.69, 9.17) is 5.73 Å². The summed E-state index contributed by atoms with van der Waals surface area (Å²) >= 11 is 0. The molecule has 0 amide bonds. The molecule has 0 spiro atoms. The minimum atomic E-state index is 0.544. The highest BCUT2D eigenvalue weighted by Crippen LogP contribution is 2.38. The lowest BCUT2D eigenvalue weighted by molar-refractivity contribution is 1.06. The molecule has 0 aliphatic heterocycles. The summed E-state index contributed by atoms with van der Waals surface area (Å²) in [5.41, 5.74) is 16.6. The second-order valence-corrected chi connectivity index (χ2v) is 12.3. The third-order valence-electron chi connectivity index (χ3n) is 9.39. The van der Waals surface area contributed by atoms with Crippen LogP contribution in [-0.2, 0) is 6.54 Å². The zero-order valence-electron chi connectivity index (χ0n) is 26.3. The molecule has 7 aromatic carbocycles. The van der Waals surface area contributed by atoms with E-state index in [0.717, 1.165) is 33.6 Å². The van der Waals surface area contributed by atoms with Gasteiger partial charge in [0.2, 0.25) is 0 Å². The van der Waals surface area contributed by atoms with Crippen molar-refractivity contribution in [2.24, 2.45) is 10.7 Å². The Morgan fingerprint density at radius 2 is 1.29 bits per heavy atom. The molecule has 2 N–H and O–H groups in total. The molecule has 0 unspecified atom stereocenters. The Hall–Kier alpha value is -6.39. The van der Waals surface area contributed by atoms with E-state index in [1.54, 1.807) is 0 Å². The van der Waals surface area contributed by atoms with Gasteiger partial charge in [0.05, 0.1) is 23.1 Å². The molecule has 2 heterocycles. The maximum absolute atomic E-state index is 6.44. The summed E-state index contributed by atoms with van der Waals surface area (Å²) in [6, 6.07) is 58.1. The van der Waals surface area contributed by atoms with Gasteiger partial charge in [0, 0.05) is 44.7 Å². The summed E-state index contributed by atoms with van der Waals surface area (Å²) in [5.74, 6) is 0.544. The largest absolute Gasteiger partial charge is 0.383 e. The highest BCUT2D eigenvalue weighted by atomic mass is 15.0. The number of hydrogen-bond acceptors (Lipinski definition) is 1. The monoisotopic (exact) mass is 616 g/mol. The van der Waals surface area contributed by atoms with Crippen molar-refractivity contribution < 1.29 is 0 Å². The molecule has 0 bridgehead atoms. The maximum Gasteiger partial charge on any atom is 0.125 e. The molecule has 0 fully saturated rings. The highest BCUT2D eigenvalue weighted by Gasteiger charge is 2.16. The van der Waals surface area contributed by atoms with Gasteiger partial charge in [-0.2, -0.15) is 0 Å². The van der Waals surface area contributed by atoms with E-state index in [2.05, 4.69) is 154 Å². The molecule has 9 aromatic rings. The molecule has 4 heteroatoms. The van der Waals surface area contributed by atoms with Gasteiger partial charge in [-0.05, 0) is 76.7 Å². The fourth-order valence-corrected chi connectivity index (χ4v) is 7.01. The van der Waals surface area contributed by atoms with Gasteiger partial charge in [-0.3, -0.25) is 4.99 Å². The first-order valence-electron chi connectivity index (χ1n) is 16.3. The summed E-state index contributed by atoms with van der Waals surface area (Å²) < 4.78 is 4.69. The molecule has 0 atom stereocenters. The van der Waals surface area contributed by atoms with Gasteiger partial charge in [-0.1, -0.05) is 109 Å². The second kappa shape index (κ2) is 11.4. The Morgan fingerprint density at radius 3 is 2.12 bits per heavy atom. The van der Waals surface area contributed by atoms with Crippen molar-refractivity contribution in [2.45, 2.75) is 6.54 Å². The first-order chi connectivity index (χ1) is 23.7. The van der Waals surface area contributed by atoms with Gasteiger partial charge in [0.1, 0.15) is 5.84 Å². The van der Waals surface area contributed by atoms with E-state index in [0.29, 0.717) is 12.4 Å². The van der Waals surface area contributed by atoms with Crippen molar-refractivity contribution in [1.29, 1.82) is 0 Å². The summed E-state index contributed by atoms with van der Waals surface area (Å²) in [5, 5.41) is 6.18. The highest BCUT2D eigenvalue weighted by molar-refractivity contribution is 6.20. The smallest absolute Gasteiger partial charge is 0.125 e. The van der Waals surface area contributed by atoms with E-state index in [1.807, 2.05) is 30.3 Å². The number of benzene rings is 7. The van der Waals surface area contributed by atoms with Gasteiger partial charge >= 0.3 is 0 Å². The van der Waals surface area contributed by atoms with Crippen molar-refractivity contribution in [1.82, 2.24) is 9.13 Å². The van der Waals surface area contributed by atoms with E-state index >= 15 is 0 Å². The van der Waals surface area contributed by atoms with Crippen LogP contribution < -0.4 is 5.73 Å². The molecule has 48 heavy (non-hydrogen) atoms. The topological polar surface area (TPSA) is 48.2 Å². The van der Waals surface area contributed by atoms with Crippen LogP contribution in [0.3, 0.4) is 0 Å². The van der Waals surface area contributed by atoms with Crippen LogP contribution in [0, 0.1) is 0 Å². The summed E-state index contributed by atoms with van der Waals surface area (Å²) in [6.07, 6.45) is 2.17. The number of hydrogen-bond donors (Lipinski definition) is 1. The Labute approximate surface area is 278 Å². The fourth-order valence-electron chi connectivity index (χ4n) is 7.01. The van der Waals surface area contributed by atoms with Crippen molar-refractivity contribution in [3.8, 4) is 22.5 Å².